The maximum atomic E-state index is 12.8. The van der Waals surface area contributed by atoms with Gasteiger partial charge in [0.1, 0.15) is 5.75 Å². The number of pyridine rings is 1. The van der Waals surface area contributed by atoms with Crippen LogP contribution in [0.15, 0.2) is 42.6 Å². The number of rotatable bonds is 5. The lowest BCUT2D eigenvalue weighted by atomic mass is 10.2. The normalized spacial score (nSPS) is 13.3. The molecule has 0 spiro atoms. The molecule has 160 valence electrons. The molecule has 3 aromatic rings. The third kappa shape index (κ3) is 4.91. The summed E-state index contributed by atoms with van der Waals surface area (Å²) in [5.41, 5.74) is 3.39. The van der Waals surface area contributed by atoms with Crippen molar-refractivity contribution in [3.05, 3.63) is 75.0 Å². The average Bonchev–Trinajstić information content (AvgIpc) is 3.11. The van der Waals surface area contributed by atoms with E-state index >= 15 is 0 Å². The van der Waals surface area contributed by atoms with Crippen LogP contribution in [0.4, 0.5) is 0 Å². The highest BCUT2D eigenvalue weighted by atomic mass is 32.1. The van der Waals surface area contributed by atoms with E-state index < -0.39 is 0 Å². The van der Waals surface area contributed by atoms with Gasteiger partial charge in [0.15, 0.2) is 5.01 Å². The van der Waals surface area contributed by atoms with Crippen LogP contribution in [0.1, 0.15) is 42.0 Å². The molecule has 4 rings (SSSR count). The van der Waals surface area contributed by atoms with Crippen LogP contribution in [0.3, 0.4) is 0 Å². The summed E-state index contributed by atoms with van der Waals surface area (Å²) in [7, 11) is 1.62. The second-order valence-corrected chi connectivity index (χ2v) is 8.48. The predicted molar refractivity (Wildman–Crippen MR) is 119 cm³/mol. The van der Waals surface area contributed by atoms with Crippen LogP contribution < -0.4 is 10.1 Å². The minimum Gasteiger partial charge on any atom is -0.497 e. The Labute approximate surface area is 185 Å². The fourth-order valence-electron chi connectivity index (χ4n) is 3.44. The number of hydrogen-bond acceptors (Lipinski definition) is 6. The Morgan fingerprint density at radius 2 is 1.90 bits per heavy atom. The smallest absolute Gasteiger partial charge is 0.280 e. The number of ether oxygens (including phenoxy) is 1. The molecule has 1 N–H and O–H groups in total. The van der Waals surface area contributed by atoms with Crippen LogP contribution in [0.5, 0.6) is 5.75 Å². The predicted octanol–water partition coefficient (Wildman–Crippen LogP) is 3.03. The fraction of sp³-hybridized carbons (Fsp3) is 0.304. The summed E-state index contributed by atoms with van der Waals surface area (Å²) in [4.78, 5) is 37.0. The van der Waals surface area contributed by atoms with E-state index in [0.717, 1.165) is 27.6 Å². The van der Waals surface area contributed by atoms with Crippen LogP contribution >= 0.6 is 11.3 Å². The van der Waals surface area contributed by atoms with E-state index in [2.05, 4.69) is 15.3 Å². The van der Waals surface area contributed by atoms with Crippen molar-refractivity contribution >= 4 is 23.2 Å². The number of thiazole rings is 1. The van der Waals surface area contributed by atoms with Crippen molar-refractivity contribution in [1.82, 2.24) is 20.2 Å². The molecule has 31 heavy (non-hydrogen) atoms. The van der Waals surface area contributed by atoms with Crippen molar-refractivity contribution in [2.75, 3.05) is 20.2 Å². The number of amides is 2. The summed E-state index contributed by atoms with van der Waals surface area (Å²) >= 11 is 1.42. The molecule has 2 amide bonds. The summed E-state index contributed by atoms with van der Waals surface area (Å²) in [6, 6.07) is 11.2. The van der Waals surface area contributed by atoms with Crippen molar-refractivity contribution in [3.63, 3.8) is 0 Å². The Morgan fingerprint density at radius 3 is 2.61 bits per heavy atom. The zero-order valence-corrected chi connectivity index (χ0v) is 18.4. The molecule has 1 aromatic carbocycles. The molecule has 0 bridgehead atoms. The molecule has 0 aliphatic carbocycles. The summed E-state index contributed by atoms with van der Waals surface area (Å²) < 4.78 is 5.15. The van der Waals surface area contributed by atoms with E-state index in [0.29, 0.717) is 43.0 Å². The molecule has 0 radical (unpaired) electrons. The molecule has 3 heterocycles. The van der Waals surface area contributed by atoms with E-state index in [-0.39, 0.29) is 11.8 Å². The van der Waals surface area contributed by atoms with E-state index in [1.165, 1.54) is 11.3 Å². The maximum absolute atomic E-state index is 12.8. The van der Waals surface area contributed by atoms with Crippen molar-refractivity contribution < 1.29 is 14.3 Å². The van der Waals surface area contributed by atoms with Gasteiger partial charge in [-0.15, -0.1) is 11.3 Å². The lowest BCUT2D eigenvalue weighted by molar-refractivity contribution is 0.0762. The molecule has 0 atom stereocenters. The van der Waals surface area contributed by atoms with Gasteiger partial charge in [-0.3, -0.25) is 14.6 Å². The van der Waals surface area contributed by atoms with Gasteiger partial charge in [0.25, 0.3) is 11.8 Å². The van der Waals surface area contributed by atoms with Gasteiger partial charge in [0, 0.05) is 49.2 Å². The molecule has 0 saturated carbocycles. The molecule has 0 fully saturated rings. The molecular formula is C23H24N4O3S. The van der Waals surface area contributed by atoms with E-state index in [9.17, 15) is 9.59 Å². The highest BCUT2D eigenvalue weighted by Crippen LogP contribution is 2.24. The second-order valence-electron chi connectivity index (χ2n) is 7.40. The summed E-state index contributed by atoms with van der Waals surface area (Å²) in [6.45, 7) is 3.51. The number of nitrogens with zero attached hydrogens (tertiary/aromatic N) is 3. The van der Waals surface area contributed by atoms with E-state index in [4.69, 9.17) is 4.74 Å². The highest BCUT2D eigenvalue weighted by molar-refractivity contribution is 7.13. The first-order valence-corrected chi connectivity index (χ1v) is 11.0. The number of carbonyl (C=O) groups is 2. The zero-order chi connectivity index (χ0) is 21.8. The number of methoxy groups -OCH3 is 1. The Kier molecular flexibility index (Phi) is 6.27. The second kappa shape index (κ2) is 9.26. The Morgan fingerprint density at radius 1 is 1.13 bits per heavy atom. The number of aryl methyl sites for hydroxylation is 1. The lowest BCUT2D eigenvalue weighted by Crippen LogP contribution is -2.33. The van der Waals surface area contributed by atoms with Gasteiger partial charge in [0.05, 0.1) is 18.4 Å². The number of aromatic nitrogens is 2. The first-order chi connectivity index (χ1) is 15.0. The summed E-state index contributed by atoms with van der Waals surface area (Å²) in [5, 5.41) is 3.40. The summed E-state index contributed by atoms with van der Waals surface area (Å²) in [5.74, 6) is 0.595. The third-order valence-corrected chi connectivity index (χ3v) is 6.41. The quantitative estimate of drug-likeness (QED) is 0.665. The zero-order valence-electron chi connectivity index (χ0n) is 17.6. The Bertz CT molecular complexity index is 1050. The number of fused-ring (bicyclic) bond motifs is 1. The monoisotopic (exact) mass is 436 g/mol. The van der Waals surface area contributed by atoms with Gasteiger partial charge < -0.3 is 15.0 Å². The van der Waals surface area contributed by atoms with Gasteiger partial charge in [-0.1, -0.05) is 12.1 Å². The minimum atomic E-state index is -0.174. The van der Waals surface area contributed by atoms with Gasteiger partial charge >= 0.3 is 0 Å². The number of nitrogens with one attached hydrogen (secondary N) is 1. The largest absolute Gasteiger partial charge is 0.497 e. The number of benzene rings is 1. The van der Waals surface area contributed by atoms with Crippen molar-refractivity contribution in [1.29, 1.82) is 0 Å². The van der Waals surface area contributed by atoms with Crippen LogP contribution in [0.2, 0.25) is 0 Å². The topological polar surface area (TPSA) is 84.4 Å². The van der Waals surface area contributed by atoms with E-state index in [1.807, 2.05) is 48.2 Å². The van der Waals surface area contributed by atoms with Gasteiger partial charge in [0.2, 0.25) is 0 Å². The molecule has 7 nitrogen and oxygen atoms in total. The number of carbonyl (C=O) groups excluding carboxylic acids is 2. The summed E-state index contributed by atoms with van der Waals surface area (Å²) in [6.07, 6.45) is 2.97. The van der Waals surface area contributed by atoms with Crippen molar-refractivity contribution in [2.45, 2.75) is 26.3 Å². The molecule has 1 aliphatic heterocycles. The van der Waals surface area contributed by atoms with Gasteiger partial charge in [-0.25, -0.2) is 4.98 Å². The van der Waals surface area contributed by atoms with Crippen molar-refractivity contribution in [2.24, 2.45) is 0 Å². The average molecular weight is 437 g/mol. The molecule has 2 aromatic heterocycles. The van der Waals surface area contributed by atoms with Crippen LogP contribution in [0.25, 0.3) is 0 Å². The molecule has 0 unspecified atom stereocenters. The molecule has 1 aliphatic rings. The Balaban J connectivity index is 1.35. The van der Waals surface area contributed by atoms with E-state index in [1.54, 1.807) is 13.3 Å². The minimum absolute atomic E-state index is 0.0138. The molecular weight excluding hydrogens is 412 g/mol. The van der Waals surface area contributed by atoms with Crippen LogP contribution in [-0.2, 0) is 19.4 Å². The highest BCUT2D eigenvalue weighted by Gasteiger charge is 2.24. The molecule has 8 heteroatoms. The first kappa shape index (κ1) is 21.0. The fourth-order valence-corrected chi connectivity index (χ4v) is 4.45. The van der Waals surface area contributed by atoms with Gasteiger partial charge in [-0.2, -0.15) is 0 Å². The van der Waals surface area contributed by atoms with Gasteiger partial charge in [-0.05, 0) is 36.8 Å². The SMILES string of the molecule is COc1ccc(CNC(=O)c2nc3c(s2)CCN(C(=O)c2ccc(C)nc2)CC3)cc1. The van der Waals surface area contributed by atoms with Crippen molar-refractivity contribution in [3.8, 4) is 5.75 Å². The standard InChI is InChI=1S/C23H24N4O3S/c1-15-3-6-17(14-24-15)23(29)27-11-9-19-20(10-12-27)31-22(26-19)21(28)25-13-16-4-7-18(30-2)8-5-16/h3-8,14H,9-13H2,1-2H3,(H,25,28). The molecule has 0 saturated heterocycles. The lowest BCUT2D eigenvalue weighted by Gasteiger charge is -2.20. The van der Waals surface area contributed by atoms with Crippen LogP contribution in [-0.4, -0.2) is 46.9 Å². The maximum Gasteiger partial charge on any atom is 0.280 e. The first-order valence-electron chi connectivity index (χ1n) is 10.1. The Hall–Kier alpha value is -3.26. The third-order valence-electron chi connectivity index (χ3n) is 5.26. The van der Waals surface area contributed by atoms with Crippen LogP contribution in [0, 0.1) is 6.92 Å². The number of hydrogen-bond donors (Lipinski definition) is 1.